The number of rotatable bonds is 1. The summed E-state index contributed by atoms with van der Waals surface area (Å²) in [6.45, 7) is 2.83. The lowest BCUT2D eigenvalue weighted by molar-refractivity contribution is -0.138. The topological polar surface area (TPSA) is 17.1 Å². The molecule has 96 valence electrons. The van der Waals surface area contributed by atoms with Gasteiger partial charge in [0.2, 0.25) is 0 Å². The summed E-state index contributed by atoms with van der Waals surface area (Å²) in [5.74, 6) is 5.55. The SMILES string of the molecule is CC(=O)SCC#Cc1ccc(C)c(C(F)(F)F)c1. The molecule has 0 amide bonds. The van der Waals surface area contributed by atoms with Gasteiger partial charge in [0.25, 0.3) is 0 Å². The fourth-order valence-corrected chi connectivity index (χ4v) is 1.63. The molecule has 0 aliphatic carbocycles. The molecule has 0 bridgehead atoms. The Morgan fingerprint density at radius 1 is 1.39 bits per heavy atom. The highest BCUT2D eigenvalue weighted by molar-refractivity contribution is 8.13. The zero-order valence-corrected chi connectivity index (χ0v) is 10.7. The van der Waals surface area contributed by atoms with Gasteiger partial charge in [-0.3, -0.25) is 4.79 Å². The maximum atomic E-state index is 12.6. The summed E-state index contributed by atoms with van der Waals surface area (Å²) in [7, 11) is 0. The number of hydrogen-bond acceptors (Lipinski definition) is 2. The van der Waals surface area contributed by atoms with Crippen LogP contribution < -0.4 is 0 Å². The number of hydrogen-bond donors (Lipinski definition) is 0. The summed E-state index contributed by atoms with van der Waals surface area (Å²) in [6.07, 6.45) is -4.37. The molecule has 0 saturated heterocycles. The van der Waals surface area contributed by atoms with Crippen molar-refractivity contribution in [2.75, 3.05) is 5.75 Å². The number of benzene rings is 1. The third-order valence-corrected chi connectivity index (χ3v) is 2.82. The Morgan fingerprint density at radius 2 is 2.06 bits per heavy atom. The minimum Gasteiger partial charge on any atom is -0.288 e. The summed E-state index contributed by atoms with van der Waals surface area (Å²) < 4.78 is 37.9. The second-order valence-corrected chi connectivity index (χ2v) is 4.76. The second kappa shape index (κ2) is 5.96. The summed E-state index contributed by atoms with van der Waals surface area (Å²) in [5, 5.41) is -0.0656. The standard InChI is InChI=1S/C13H11F3OS/c1-9-5-6-11(4-3-7-18-10(2)17)8-12(9)13(14,15)16/h5-6,8H,7H2,1-2H3. The molecule has 0 atom stereocenters. The van der Waals surface area contributed by atoms with Crippen molar-refractivity contribution in [1.29, 1.82) is 0 Å². The van der Waals surface area contributed by atoms with Gasteiger partial charge in [-0.05, 0) is 24.6 Å². The third kappa shape index (κ3) is 4.46. The average molecular weight is 272 g/mol. The molecular formula is C13H11F3OS. The van der Waals surface area contributed by atoms with Gasteiger partial charge in [-0.2, -0.15) is 13.2 Å². The second-order valence-electron chi connectivity index (χ2n) is 3.61. The lowest BCUT2D eigenvalue weighted by Crippen LogP contribution is -2.07. The molecule has 5 heteroatoms. The number of thioether (sulfide) groups is 1. The van der Waals surface area contributed by atoms with Crippen molar-refractivity contribution in [2.24, 2.45) is 0 Å². The van der Waals surface area contributed by atoms with Gasteiger partial charge in [0, 0.05) is 12.5 Å². The molecular weight excluding hydrogens is 261 g/mol. The van der Waals surface area contributed by atoms with Gasteiger partial charge in [-0.25, -0.2) is 0 Å². The molecule has 18 heavy (non-hydrogen) atoms. The first kappa shape index (κ1) is 14.7. The van der Waals surface area contributed by atoms with E-state index in [1.54, 1.807) is 0 Å². The van der Waals surface area contributed by atoms with Crippen LogP contribution in [0.4, 0.5) is 13.2 Å². The van der Waals surface area contributed by atoms with Crippen LogP contribution in [-0.4, -0.2) is 10.9 Å². The highest BCUT2D eigenvalue weighted by Crippen LogP contribution is 2.32. The van der Waals surface area contributed by atoms with Crippen molar-refractivity contribution in [2.45, 2.75) is 20.0 Å². The maximum Gasteiger partial charge on any atom is 0.416 e. The van der Waals surface area contributed by atoms with Crippen LogP contribution in [-0.2, 0) is 11.0 Å². The first-order chi connectivity index (χ1) is 8.30. The van der Waals surface area contributed by atoms with Crippen molar-refractivity contribution in [3.05, 3.63) is 34.9 Å². The average Bonchev–Trinajstić information content (AvgIpc) is 2.24. The van der Waals surface area contributed by atoms with Crippen molar-refractivity contribution in [3.63, 3.8) is 0 Å². The molecule has 1 aromatic carbocycles. The molecule has 0 N–H and O–H groups in total. The highest BCUT2D eigenvalue weighted by Gasteiger charge is 2.32. The van der Waals surface area contributed by atoms with E-state index in [0.717, 1.165) is 17.8 Å². The van der Waals surface area contributed by atoms with E-state index in [-0.39, 0.29) is 16.4 Å². The minimum absolute atomic E-state index is 0.0656. The normalized spacial score (nSPS) is 10.7. The van der Waals surface area contributed by atoms with Gasteiger partial charge in [0.05, 0.1) is 11.3 Å². The number of carbonyl (C=O) groups excluding carboxylic acids is 1. The van der Waals surface area contributed by atoms with Crippen LogP contribution in [0.15, 0.2) is 18.2 Å². The first-order valence-electron chi connectivity index (χ1n) is 5.11. The molecule has 0 aliphatic rings. The van der Waals surface area contributed by atoms with Gasteiger partial charge in [-0.15, -0.1) is 0 Å². The molecule has 0 radical (unpaired) electrons. The molecule has 0 saturated carbocycles. The minimum atomic E-state index is -4.37. The lowest BCUT2D eigenvalue weighted by atomic mass is 10.0. The molecule has 0 aliphatic heterocycles. The number of aryl methyl sites for hydroxylation is 1. The van der Waals surface area contributed by atoms with E-state index in [9.17, 15) is 18.0 Å². The van der Waals surface area contributed by atoms with E-state index in [1.807, 2.05) is 0 Å². The number of carbonyl (C=O) groups is 1. The fraction of sp³-hybridized carbons (Fsp3) is 0.308. The Balaban J connectivity index is 2.89. The Kier molecular flexibility index (Phi) is 4.85. The van der Waals surface area contributed by atoms with Gasteiger partial charge in [0.1, 0.15) is 0 Å². The van der Waals surface area contributed by atoms with Crippen LogP contribution in [0.25, 0.3) is 0 Å². The monoisotopic (exact) mass is 272 g/mol. The predicted octanol–water partition coefficient (Wildman–Crippen LogP) is 3.65. The van der Waals surface area contributed by atoms with Crippen LogP contribution in [0.5, 0.6) is 0 Å². The van der Waals surface area contributed by atoms with Crippen molar-refractivity contribution < 1.29 is 18.0 Å². The fourth-order valence-electron chi connectivity index (χ4n) is 1.28. The van der Waals surface area contributed by atoms with Crippen molar-refractivity contribution >= 4 is 16.9 Å². The third-order valence-electron chi connectivity index (χ3n) is 2.12. The van der Waals surface area contributed by atoms with E-state index in [0.29, 0.717) is 5.56 Å². The first-order valence-corrected chi connectivity index (χ1v) is 6.09. The lowest BCUT2D eigenvalue weighted by Gasteiger charge is -2.09. The quantitative estimate of drug-likeness (QED) is 0.726. The van der Waals surface area contributed by atoms with Crippen LogP contribution >= 0.6 is 11.8 Å². The van der Waals surface area contributed by atoms with E-state index < -0.39 is 11.7 Å². The zero-order valence-electron chi connectivity index (χ0n) is 9.89. The van der Waals surface area contributed by atoms with Crippen LogP contribution in [0.2, 0.25) is 0 Å². The van der Waals surface area contributed by atoms with Gasteiger partial charge in [0.15, 0.2) is 5.12 Å². The molecule has 0 fully saturated rings. The summed E-state index contributed by atoms with van der Waals surface area (Å²) in [6, 6.07) is 3.96. The smallest absolute Gasteiger partial charge is 0.288 e. The molecule has 0 spiro atoms. The Bertz CT molecular complexity index is 509. The van der Waals surface area contributed by atoms with Crippen LogP contribution in [0, 0.1) is 18.8 Å². The van der Waals surface area contributed by atoms with Crippen LogP contribution in [0.3, 0.4) is 0 Å². The number of alkyl halides is 3. The number of halogens is 3. The van der Waals surface area contributed by atoms with E-state index in [1.165, 1.54) is 26.0 Å². The largest absolute Gasteiger partial charge is 0.416 e. The summed E-state index contributed by atoms with van der Waals surface area (Å²) in [5.41, 5.74) is -0.197. The van der Waals surface area contributed by atoms with E-state index >= 15 is 0 Å². The summed E-state index contributed by atoms with van der Waals surface area (Å²) >= 11 is 1.03. The molecule has 1 aromatic rings. The Hall–Kier alpha value is -1.41. The highest BCUT2D eigenvalue weighted by atomic mass is 32.2. The zero-order chi connectivity index (χ0) is 13.8. The van der Waals surface area contributed by atoms with Gasteiger partial charge in [-0.1, -0.05) is 29.7 Å². The predicted molar refractivity (Wildman–Crippen MR) is 66.2 cm³/mol. The van der Waals surface area contributed by atoms with Crippen LogP contribution in [0.1, 0.15) is 23.6 Å². The Labute approximate surface area is 108 Å². The molecule has 1 nitrogen and oxygen atoms in total. The van der Waals surface area contributed by atoms with Gasteiger partial charge >= 0.3 is 6.18 Å². The Morgan fingerprint density at radius 3 is 2.61 bits per heavy atom. The molecule has 1 rings (SSSR count). The molecule has 0 heterocycles. The molecule has 0 aromatic heterocycles. The van der Waals surface area contributed by atoms with E-state index in [4.69, 9.17) is 0 Å². The summed E-state index contributed by atoms with van der Waals surface area (Å²) in [4.78, 5) is 10.6. The van der Waals surface area contributed by atoms with E-state index in [2.05, 4.69) is 11.8 Å². The van der Waals surface area contributed by atoms with Crippen molar-refractivity contribution in [3.8, 4) is 11.8 Å². The molecule has 0 unspecified atom stereocenters. The van der Waals surface area contributed by atoms with Crippen molar-refractivity contribution in [1.82, 2.24) is 0 Å². The maximum absolute atomic E-state index is 12.6. The van der Waals surface area contributed by atoms with Gasteiger partial charge < -0.3 is 0 Å².